The monoisotopic (exact) mass is 225 g/mol. The molecule has 0 spiro atoms. The highest BCUT2D eigenvalue weighted by Gasteiger charge is 2.07. The fourth-order valence-corrected chi connectivity index (χ4v) is 2.29. The third-order valence-electron chi connectivity index (χ3n) is 2.46. The molecule has 0 aliphatic heterocycles. The first-order valence-corrected chi connectivity index (χ1v) is 5.66. The summed E-state index contributed by atoms with van der Waals surface area (Å²) in [6.45, 7) is 3.09. The number of halogens is 1. The number of hydrogen-bond donors (Lipinski definition) is 1. The first kappa shape index (κ1) is 9.94. The van der Waals surface area contributed by atoms with E-state index in [1.54, 1.807) is 0 Å². The smallest absolute Gasteiger partial charge is 0.0499 e. The Morgan fingerprint density at radius 2 is 2.21 bits per heavy atom. The molecule has 1 aromatic heterocycles. The van der Waals surface area contributed by atoms with Crippen LogP contribution in [0.5, 0.6) is 0 Å². The fraction of sp³-hybridized carbons (Fsp3) is 0.273. The van der Waals surface area contributed by atoms with Gasteiger partial charge in [0.25, 0.3) is 0 Å². The lowest BCUT2D eigenvalue weighted by Gasteiger charge is -2.04. The van der Waals surface area contributed by atoms with Crippen LogP contribution in [0.3, 0.4) is 0 Å². The summed E-state index contributed by atoms with van der Waals surface area (Å²) < 4.78 is 2.24. The summed E-state index contributed by atoms with van der Waals surface area (Å²) in [5.41, 5.74) is 2.42. The Bertz CT molecular complexity index is 462. The highest BCUT2D eigenvalue weighted by molar-refractivity contribution is 7.79. The minimum Gasteiger partial charge on any atom is -0.344 e. The highest BCUT2D eigenvalue weighted by atomic mass is 35.5. The SMILES string of the molecule is CCn1c(CS)cc2c(Cl)cccc21. The second-order valence-electron chi connectivity index (χ2n) is 3.21. The van der Waals surface area contributed by atoms with E-state index >= 15 is 0 Å². The Morgan fingerprint density at radius 3 is 2.86 bits per heavy atom. The maximum absolute atomic E-state index is 6.12. The number of hydrogen-bond acceptors (Lipinski definition) is 1. The largest absolute Gasteiger partial charge is 0.344 e. The molecule has 0 N–H and O–H groups in total. The van der Waals surface area contributed by atoms with Crippen LogP contribution in [0.2, 0.25) is 5.02 Å². The zero-order valence-corrected chi connectivity index (χ0v) is 9.65. The first-order chi connectivity index (χ1) is 6.77. The van der Waals surface area contributed by atoms with E-state index in [2.05, 4.69) is 36.3 Å². The summed E-state index contributed by atoms with van der Waals surface area (Å²) in [5, 5.41) is 1.94. The van der Waals surface area contributed by atoms with Crippen LogP contribution >= 0.6 is 24.2 Å². The standard InChI is InChI=1S/C11H12ClNS/c1-2-13-8(7-14)6-9-10(12)4-3-5-11(9)13/h3-6,14H,2,7H2,1H3. The molecule has 0 fully saturated rings. The van der Waals surface area contributed by atoms with E-state index in [1.807, 2.05) is 12.1 Å². The van der Waals surface area contributed by atoms with Crippen LogP contribution in [0.4, 0.5) is 0 Å². The molecule has 3 heteroatoms. The van der Waals surface area contributed by atoms with Crippen molar-refractivity contribution >= 4 is 35.1 Å². The van der Waals surface area contributed by atoms with Crippen LogP contribution in [0.1, 0.15) is 12.6 Å². The van der Waals surface area contributed by atoms with Gasteiger partial charge >= 0.3 is 0 Å². The second-order valence-corrected chi connectivity index (χ2v) is 3.93. The summed E-state index contributed by atoms with van der Waals surface area (Å²) >= 11 is 10.4. The Balaban J connectivity index is 2.79. The molecule has 2 aromatic rings. The quantitative estimate of drug-likeness (QED) is 0.743. The van der Waals surface area contributed by atoms with E-state index in [9.17, 15) is 0 Å². The van der Waals surface area contributed by atoms with Crippen molar-refractivity contribution in [2.45, 2.75) is 19.2 Å². The molecule has 0 bridgehead atoms. The zero-order chi connectivity index (χ0) is 10.1. The Kier molecular flexibility index (Phi) is 2.75. The summed E-state index contributed by atoms with van der Waals surface area (Å²) in [6, 6.07) is 8.12. The van der Waals surface area contributed by atoms with E-state index in [1.165, 1.54) is 11.2 Å². The van der Waals surface area contributed by atoms with E-state index in [-0.39, 0.29) is 0 Å². The van der Waals surface area contributed by atoms with Gasteiger partial charge in [0.15, 0.2) is 0 Å². The Labute approximate surface area is 94.1 Å². The van der Waals surface area contributed by atoms with Crippen LogP contribution in [-0.4, -0.2) is 4.57 Å². The van der Waals surface area contributed by atoms with Gasteiger partial charge in [-0.1, -0.05) is 17.7 Å². The Morgan fingerprint density at radius 1 is 1.43 bits per heavy atom. The van der Waals surface area contributed by atoms with Crippen molar-refractivity contribution in [2.24, 2.45) is 0 Å². The predicted octanol–water partition coefficient (Wildman–Crippen LogP) is 3.74. The van der Waals surface area contributed by atoms with Gasteiger partial charge in [-0.3, -0.25) is 0 Å². The van der Waals surface area contributed by atoms with Gasteiger partial charge in [-0.25, -0.2) is 0 Å². The lowest BCUT2D eigenvalue weighted by Crippen LogP contribution is -1.97. The van der Waals surface area contributed by atoms with Crippen LogP contribution < -0.4 is 0 Å². The third kappa shape index (κ3) is 1.43. The maximum Gasteiger partial charge on any atom is 0.0499 e. The molecule has 0 aliphatic carbocycles. The molecule has 0 radical (unpaired) electrons. The van der Waals surface area contributed by atoms with Crippen molar-refractivity contribution in [3.05, 3.63) is 35.0 Å². The number of benzene rings is 1. The molecular weight excluding hydrogens is 214 g/mol. The molecule has 74 valence electrons. The lowest BCUT2D eigenvalue weighted by molar-refractivity contribution is 0.766. The summed E-state index contributed by atoms with van der Waals surface area (Å²) in [6.07, 6.45) is 0. The topological polar surface area (TPSA) is 4.93 Å². The first-order valence-electron chi connectivity index (χ1n) is 4.65. The lowest BCUT2D eigenvalue weighted by atomic mass is 10.2. The van der Waals surface area contributed by atoms with Crippen LogP contribution in [-0.2, 0) is 12.3 Å². The van der Waals surface area contributed by atoms with Crippen molar-refractivity contribution in [1.82, 2.24) is 4.57 Å². The van der Waals surface area contributed by atoms with E-state index in [0.717, 1.165) is 22.7 Å². The predicted molar refractivity (Wildman–Crippen MR) is 65.3 cm³/mol. The van der Waals surface area contributed by atoms with Crippen molar-refractivity contribution in [3.8, 4) is 0 Å². The van der Waals surface area contributed by atoms with Gasteiger partial charge < -0.3 is 4.57 Å². The number of fused-ring (bicyclic) bond motifs is 1. The fourth-order valence-electron chi connectivity index (χ4n) is 1.81. The molecule has 2 rings (SSSR count). The molecule has 1 heterocycles. The molecule has 0 unspecified atom stereocenters. The summed E-state index contributed by atoms with van der Waals surface area (Å²) in [4.78, 5) is 0. The number of nitrogens with zero attached hydrogens (tertiary/aromatic N) is 1. The molecule has 0 saturated heterocycles. The van der Waals surface area contributed by atoms with E-state index in [0.29, 0.717) is 0 Å². The van der Waals surface area contributed by atoms with Crippen molar-refractivity contribution in [1.29, 1.82) is 0 Å². The average Bonchev–Trinajstić information content (AvgIpc) is 2.57. The number of thiol groups is 1. The Hall–Kier alpha value is -0.600. The molecule has 1 nitrogen and oxygen atoms in total. The average molecular weight is 226 g/mol. The van der Waals surface area contributed by atoms with Crippen molar-refractivity contribution < 1.29 is 0 Å². The molecule has 0 atom stereocenters. The summed E-state index contributed by atoms with van der Waals surface area (Å²) in [7, 11) is 0. The second kappa shape index (κ2) is 3.87. The van der Waals surface area contributed by atoms with Crippen molar-refractivity contribution in [3.63, 3.8) is 0 Å². The molecular formula is C11H12ClNS. The van der Waals surface area contributed by atoms with Gasteiger partial charge in [0.2, 0.25) is 0 Å². The molecule has 1 aromatic carbocycles. The minimum atomic E-state index is 0.749. The van der Waals surface area contributed by atoms with Gasteiger partial charge in [0, 0.05) is 33.9 Å². The highest BCUT2D eigenvalue weighted by Crippen LogP contribution is 2.27. The van der Waals surface area contributed by atoms with Gasteiger partial charge in [0.05, 0.1) is 0 Å². The van der Waals surface area contributed by atoms with Gasteiger partial charge in [-0.05, 0) is 25.1 Å². The van der Waals surface area contributed by atoms with Crippen LogP contribution in [0.25, 0.3) is 10.9 Å². The van der Waals surface area contributed by atoms with E-state index < -0.39 is 0 Å². The minimum absolute atomic E-state index is 0.749. The normalized spacial score (nSPS) is 11.1. The van der Waals surface area contributed by atoms with Crippen LogP contribution in [0, 0.1) is 0 Å². The number of rotatable bonds is 2. The zero-order valence-electron chi connectivity index (χ0n) is 8.00. The molecule has 0 saturated carbocycles. The maximum atomic E-state index is 6.12. The number of aryl methyl sites for hydroxylation is 1. The molecule has 0 aliphatic rings. The van der Waals surface area contributed by atoms with Crippen molar-refractivity contribution in [2.75, 3.05) is 0 Å². The van der Waals surface area contributed by atoms with Gasteiger partial charge in [-0.2, -0.15) is 12.6 Å². The summed E-state index contributed by atoms with van der Waals surface area (Å²) in [5.74, 6) is 0.749. The number of aromatic nitrogens is 1. The van der Waals surface area contributed by atoms with Gasteiger partial charge in [-0.15, -0.1) is 0 Å². The van der Waals surface area contributed by atoms with Crippen LogP contribution in [0.15, 0.2) is 24.3 Å². The van der Waals surface area contributed by atoms with E-state index in [4.69, 9.17) is 11.6 Å². The molecule has 0 amide bonds. The third-order valence-corrected chi connectivity index (χ3v) is 3.11. The van der Waals surface area contributed by atoms with Gasteiger partial charge in [0.1, 0.15) is 0 Å². The molecule has 14 heavy (non-hydrogen) atoms.